The molecule has 0 aliphatic heterocycles. The van der Waals surface area contributed by atoms with E-state index in [2.05, 4.69) is 25.6 Å². The number of hydrogen-bond acceptors (Lipinski definition) is 4. The lowest BCUT2D eigenvalue weighted by atomic mass is 10.2. The summed E-state index contributed by atoms with van der Waals surface area (Å²) in [5.41, 5.74) is 0.640. The van der Waals surface area contributed by atoms with E-state index in [1.165, 1.54) is 12.5 Å². The molecular formula is C12H16N6O3. The van der Waals surface area contributed by atoms with Gasteiger partial charge in [-0.25, -0.2) is 19.6 Å². The topological polar surface area (TPSA) is 125 Å². The average Bonchev–Trinajstić information content (AvgIpc) is 3.10. The van der Waals surface area contributed by atoms with Crippen molar-refractivity contribution in [3.63, 3.8) is 0 Å². The van der Waals surface area contributed by atoms with Crippen molar-refractivity contribution in [2.75, 3.05) is 6.54 Å². The molecule has 0 aliphatic carbocycles. The van der Waals surface area contributed by atoms with Gasteiger partial charge in [0.1, 0.15) is 6.04 Å². The van der Waals surface area contributed by atoms with E-state index in [0.29, 0.717) is 18.8 Å². The zero-order valence-corrected chi connectivity index (χ0v) is 11.2. The third-order valence-corrected chi connectivity index (χ3v) is 2.80. The Morgan fingerprint density at radius 2 is 2.29 bits per heavy atom. The van der Waals surface area contributed by atoms with E-state index in [1.807, 2.05) is 0 Å². The molecule has 0 fully saturated rings. The molecule has 9 nitrogen and oxygen atoms in total. The van der Waals surface area contributed by atoms with Crippen LogP contribution in [0.4, 0.5) is 4.79 Å². The van der Waals surface area contributed by atoms with Crippen LogP contribution in [-0.2, 0) is 17.8 Å². The molecule has 2 aromatic rings. The maximum Gasteiger partial charge on any atom is 0.326 e. The van der Waals surface area contributed by atoms with Crippen LogP contribution in [0.25, 0.3) is 0 Å². The highest BCUT2D eigenvalue weighted by molar-refractivity contribution is 5.82. The highest BCUT2D eigenvalue weighted by Gasteiger charge is 2.20. The number of aliphatic carboxylic acids is 1. The number of rotatable bonds is 7. The number of H-pyrrole nitrogens is 1. The highest BCUT2D eigenvalue weighted by Crippen LogP contribution is 1.98. The van der Waals surface area contributed by atoms with Gasteiger partial charge in [-0.2, -0.15) is 0 Å². The SMILES string of the molecule is O=C(NCCn1ccnc1)NC(Cc1cnc[nH]1)C(=O)O. The molecule has 0 aromatic carbocycles. The number of aromatic nitrogens is 4. The molecule has 0 bridgehead atoms. The Morgan fingerprint density at radius 1 is 1.43 bits per heavy atom. The summed E-state index contributed by atoms with van der Waals surface area (Å²) in [5, 5.41) is 14.1. The van der Waals surface area contributed by atoms with Gasteiger partial charge in [-0.15, -0.1) is 0 Å². The van der Waals surface area contributed by atoms with Crippen LogP contribution in [0.3, 0.4) is 0 Å². The molecule has 112 valence electrons. The minimum Gasteiger partial charge on any atom is -0.480 e. The summed E-state index contributed by atoms with van der Waals surface area (Å²) < 4.78 is 1.81. The van der Waals surface area contributed by atoms with Crippen molar-refractivity contribution in [2.24, 2.45) is 0 Å². The first-order chi connectivity index (χ1) is 10.1. The van der Waals surface area contributed by atoms with Crippen molar-refractivity contribution >= 4 is 12.0 Å². The van der Waals surface area contributed by atoms with Gasteiger partial charge in [-0.3, -0.25) is 0 Å². The van der Waals surface area contributed by atoms with Gasteiger partial charge in [-0.05, 0) is 0 Å². The standard InChI is InChI=1S/C12H16N6O3/c19-11(20)10(5-9-6-14-7-16-9)17-12(21)15-2-4-18-3-1-13-8-18/h1,3,6-8,10H,2,4-5H2,(H,14,16)(H,19,20)(H2,15,17,21). The van der Waals surface area contributed by atoms with Crippen molar-refractivity contribution in [3.8, 4) is 0 Å². The first kappa shape index (κ1) is 14.6. The average molecular weight is 292 g/mol. The van der Waals surface area contributed by atoms with Crippen molar-refractivity contribution in [1.82, 2.24) is 30.2 Å². The number of imidazole rings is 2. The Hall–Kier alpha value is -2.84. The number of carbonyl (C=O) groups is 2. The fraction of sp³-hybridized carbons (Fsp3) is 0.333. The second kappa shape index (κ2) is 7.08. The number of carboxylic acids is 1. The number of aromatic amines is 1. The van der Waals surface area contributed by atoms with Gasteiger partial charge in [0, 0.05) is 43.8 Å². The molecule has 9 heteroatoms. The predicted molar refractivity (Wildman–Crippen MR) is 72.5 cm³/mol. The molecule has 0 saturated carbocycles. The lowest BCUT2D eigenvalue weighted by molar-refractivity contribution is -0.139. The third kappa shape index (κ3) is 4.64. The molecule has 2 amide bonds. The summed E-state index contributed by atoms with van der Waals surface area (Å²) >= 11 is 0. The Kier molecular flexibility index (Phi) is 4.91. The van der Waals surface area contributed by atoms with Crippen LogP contribution in [0, 0.1) is 0 Å². The van der Waals surface area contributed by atoms with Crippen molar-refractivity contribution < 1.29 is 14.7 Å². The van der Waals surface area contributed by atoms with E-state index < -0.39 is 18.0 Å². The van der Waals surface area contributed by atoms with E-state index in [0.717, 1.165) is 0 Å². The number of carboxylic acid groups (broad SMARTS) is 1. The lowest BCUT2D eigenvalue weighted by Gasteiger charge is -2.14. The number of amides is 2. The van der Waals surface area contributed by atoms with Gasteiger partial charge >= 0.3 is 12.0 Å². The Morgan fingerprint density at radius 3 is 2.90 bits per heavy atom. The van der Waals surface area contributed by atoms with Crippen LogP contribution in [0.15, 0.2) is 31.2 Å². The molecule has 0 spiro atoms. The summed E-state index contributed by atoms with van der Waals surface area (Å²) in [7, 11) is 0. The number of urea groups is 1. The second-order valence-corrected chi connectivity index (χ2v) is 4.37. The zero-order chi connectivity index (χ0) is 15.1. The van der Waals surface area contributed by atoms with E-state index >= 15 is 0 Å². The molecule has 1 atom stereocenters. The van der Waals surface area contributed by atoms with Crippen molar-refractivity contribution in [2.45, 2.75) is 19.0 Å². The maximum absolute atomic E-state index is 11.7. The van der Waals surface area contributed by atoms with Gasteiger partial charge in [-0.1, -0.05) is 0 Å². The zero-order valence-electron chi connectivity index (χ0n) is 11.2. The van der Waals surface area contributed by atoms with Crippen LogP contribution in [0.1, 0.15) is 5.69 Å². The van der Waals surface area contributed by atoms with Gasteiger partial charge in [0.05, 0.1) is 12.7 Å². The molecular weight excluding hydrogens is 276 g/mol. The van der Waals surface area contributed by atoms with Crippen molar-refractivity contribution in [3.05, 3.63) is 36.9 Å². The van der Waals surface area contributed by atoms with E-state index in [1.54, 1.807) is 23.3 Å². The normalized spacial score (nSPS) is 11.8. The molecule has 2 aromatic heterocycles. The fourth-order valence-corrected chi connectivity index (χ4v) is 1.74. The van der Waals surface area contributed by atoms with Crippen LogP contribution in [0.5, 0.6) is 0 Å². The summed E-state index contributed by atoms with van der Waals surface area (Å²) in [6.45, 7) is 0.935. The molecule has 0 radical (unpaired) electrons. The Bertz CT molecular complexity index is 566. The summed E-state index contributed by atoms with van der Waals surface area (Å²) in [6, 6.07) is -1.54. The third-order valence-electron chi connectivity index (χ3n) is 2.80. The molecule has 2 rings (SSSR count). The van der Waals surface area contributed by atoms with E-state index in [4.69, 9.17) is 5.11 Å². The highest BCUT2D eigenvalue weighted by atomic mass is 16.4. The van der Waals surface area contributed by atoms with Gasteiger partial charge in [0.25, 0.3) is 0 Å². The molecule has 4 N–H and O–H groups in total. The van der Waals surface area contributed by atoms with Crippen LogP contribution < -0.4 is 10.6 Å². The minimum atomic E-state index is -1.10. The number of carbonyl (C=O) groups excluding carboxylic acids is 1. The quantitative estimate of drug-likeness (QED) is 0.552. The number of nitrogens with one attached hydrogen (secondary N) is 3. The van der Waals surface area contributed by atoms with Crippen LogP contribution in [0.2, 0.25) is 0 Å². The van der Waals surface area contributed by atoms with Crippen molar-refractivity contribution in [1.29, 1.82) is 0 Å². The minimum absolute atomic E-state index is 0.143. The lowest BCUT2D eigenvalue weighted by Crippen LogP contribution is -2.47. The maximum atomic E-state index is 11.7. The monoisotopic (exact) mass is 292 g/mol. The second-order valence-electron chi connectivity index (χ2n) is 4.37. The van der Waals surface area contributed by atoms with Gasteiger partial charge in [0.15, 0.2) is 0 Å². The Balaban J connectivity index is 1.76. The number of nitrogens with zero attached hydrogens (tertiary/aromatic N) is 3. The summed E-state index contributed by atoms with van der Waals surface area (Å²) in [5.74, 6) is -1.10. The van der Waals surface area contributed by atoms with Crippen LogP contribution in [-0.4, -0.2) is 49.2 Å². The fourth-order valence-electron chi connectivity index (χ4n) is 1.74. The van der Waals surface area contributed by atoms with Gasteiger partial charge < -0.3 is 25.3 Å². The molecule has 2 heterocycles. The van der Waals surface area contributed by atoms with Crippen LogP contribution >= 0.6 is 0 Å². The first-order valence-electron chi connectivity index (χ1n) is 6.35. The van der Waals surface area contributed by atoms with E-state index in [-0.39, 0.29) is 6.42 Å². The molecule has 21 heavy (non-hydrogen) atoms. The molecule has 1 unspecified atom stereocenters. The molecule has 0 saturated heterocycles. The summed E-state index contributed by atoms with van der Waals surface area (Å²) in [4.78, 5) is 33.3. The predicted octanol–water partition coefficient (Wildman–Crippen LogP) is -0.399. The largest absolute Gasteiger partial charge is 0.480 e. The van der Waals surface area contributed by atoms with Gasteiger partial charge in [0.2, 0.25) is 0 Å². The first-order valence-corrected chi connectivity index (χ1v) is 6.35. The van der Waals surface area contributed by atoms with E-state index in [9.17, 15) is 9.59 Å². The number of hydrogen-bond donors (Lipinski definition) is 4. The summed E-state index contributed by atoms with van der Waals surface area (Å²) in [6.07, 6.45) is 8.18. The molecule has 0 aliphatic rings. The smallest absolute Gasteiger partial charge is 0.326 e. The Labute approximate surface area is 120 Å².